The van der Waals surface area contributed by atoms with Crippen molar-refractivity contribution >= 4 is 11.7 Å². The van der Waals surface area contributed by atoms with Crippen molar-refractivity contribution in [2.75, 3.05) is 13.7 Å². The summed E-state index contributed by atoms with van der Waals surface area (Å²) >= 11 is 0. The van der Waals surface area contributed by atoms with Crippen LogP contribution in [0.4, 0.5) is 4.39 Å². The quantitative estimate of drug-likeness (QED) is 0.535. The number of halogens is 1. The predicted octanol–water partition coefficient (Wildman–Crippen LogP) is 4.62. The van der Waals surface area contributed by atoms with E-state index < -0.39 is 5.97 Å². The minimum absolute atomic E-state index is 0.0805. The predicted molar refractivity (Wildman–Crippen MR) is 113 cm³/mol. The molecule has 2 aromatic rings. The highest BCUT2D eigenvalue weighted by Crippen LogP contribution is 2.45. The Labute approximate surface area is 175 Å². The van der Waals surface area contributed by atoms with Crippen molar-refractivity contribution in [2.45, 2.75) is 32.7 Å². The third kappa shape index (κ3) is 3.70. The molecule has 0 saturated heterocycles. The number of carbonyl (C=O) groups excluding carboxylic acids is 1. The summed E-state index contributed by atoms with van der Waals surface area (Å²) in [6.07, 6.45) is 3.25. The minimum Gasteiger partial charge on any atom is -0.497 e. The molecule has 2 aliphatic rings. The van der Waals surface area contributed by atoms with E-state index in [1.807, 2.05) is 30.1 Å². The Kier molecular flexibility index (Phi) is 5.57. The Morgan fingerprint density at radius 2 is 2.13 bits per heavy atom. The van der Waals surface area contributed by atoms with Crippen LogP contribution in [-0.2, 0) is 16.0 Å². The second kappa shape index (κ2) is 8.30. The van der Waals surface area contributed by atoms with Crippen LogP contribution in [0.3, 0.4) is 0 Å². The Hall–Kier alpha value is -3.15. The molecule has 0 N–H and O–H groups in total. The van der Waals surface area contributed by atoms with Crippen LogP contribution in [-0.4, -0.2) is 30.4 Å². The van der Waals surface area contributed by atoms with Crippen molar-refractivity contribution in [1.29, 1.82) is 0 Å². The molecule has 0 spiro atoms. The molecular formula is C24H25FN2O3. The van der Waals surface area contributed by atoms with E-state index in [0.717, 1.165) is 35.4 Å². The van der Waals surface area contributed by atoms with Gasteiger partial charge in [0.2, 0.25) is 0 Å². The van der Waals surface area contributed by atoms with Crippen molar-refractivity contribution in [3.05, 3.63) is 76.7 Å². The summed E-state index contributed by atoms with van der Waals surface area (Å²) in [7, 11) is 1.65. The molecule has 0 amide bonds. The van der Waals surface area contributed by atoms with Crippen molar-refractivity contribution < 1.29 is 18.7 Å². The number of ether oxygens (including phenoxy) is 2. The Balaban J connectivity index is 1.80. The first-order valence-electron chi connectivity index (χ1n) is 10.2. The van der Waals surface area contributed by atoms with Crippen LogP contribution in [0.25, 0.3) is 0 Å². The van der Waals surface area contributed by atoms with E-state index in [2.05, 4.69) is 6.07 Å². The van der Waals surface area contributed by atoms with E-state index in [1.54, 1.807) is 26.2 Å². The van der Waals surface area contributed by atoms with Gasteiger partial charge < -0.3 is 9.47 Å². The molecule has 1 aliphatic heterocycles. The van der Waals surface area contributed by atoms with Crippen molar-refractivity contribution in [3.63, 3.8) is 0 Å². The summed E-state index contributed by atoms with van der Waals surface area (Å²) in [5.41, 5.74) is 4.72. The summed E-state index contributed by atoms with van der Waals surface area (Å²) in [6, 6.07) is 12.5. The second-order valence-electron chi connectivity index (χ2n) is 7.54. The first-order chi connectivity index (χ1) is 14.5. The number of nitrogens with zero attached hydrogens (tertiary/aromatic N) is 2. The van der Waals surface area contributed by atoms with E-state index in [4.69, 9.17) is 14.6 Å². The average Bonchev–Trinajstić information content (AvgIpc) is 3.13. The summed E-state index contributed by atoms with van der Waals surface area (Å²) in [4.78, 5) is 12.1. The molecule has 0 unspecified atom stereocenters. The van der Waals surface area contributed by atoms with Gasteiger partial charge >= 0.3 is 5.97 Å². The lowest BCUT2D eigenvalue weighted by molar-refractivity contribution is -0.137. The van der Waals surface area contributed by atoms with Crippen LogP contribution in [0.2, 0.25) is 0 Å². The van der Waals surface area contributed by atoms with Gasteiger partial charge in [0.1, 0.15) is 11.6 Å². The molecule has 1 heterocycles. The molecular weight excluding hydrogens is 383 g/mol. The summed E-state index contributed by atoms with van der Waals surface area (Å²) in [5, 5.41) is 6.76. The number of esters is 1. The van der Waals surface area contributed by atoms with Gasteiger partial charge in [-0.1, -0.05) is 18.2 Å². The highest BCUT2D eigenvalue weighted by atomic mass is 19.1. The van der Waals surface area contributed by atoms with Crippen LogP contribution in [0.5, 0.6) is 5.75 Å². The number of allylic oxidation sites excluding steroid dienone is 1. The number of fused-ring (bicyclic) bond motifs is 3. The molecule has 0 radical (unpaired) electrons. The minimum atomic E-state index is -0.412. The maximum absolute atomic E-state index is 14.1. The Morgan fingerprint density at radius 3 is 2.87 bits per heavy atom. The number of methoxy groups -OCH3 is 1. The van der Waals surface area contributed by atoms with E-state index >= 15 is 0 Å². The van der Waals surface area contributed by atoms with Crippen molar-refractivity contribution in [1.82, 2.24) is 5.01 Å². The molecule has 0 aromatic heterocycles. The molecule has 30 heavy (non-hydrogen) atoms. The Morgan fingerprint density at radius 1 is 1.30 bits per heavy atom. The largest absolute Gasteiger partial charge is 0.497 e. The normalized spacial score (nSPS) is 20.3. The highest BCUT2D eigenvalue weighted by molar-refractivity contribution is 6.06. The van der Waals surface area contributed by atoms with E-state index in [1.165, 1.54) is 17.7 Å². The van der Waals surface area contributed by atoms with Crippen LogP contribution in [0.1, 0.15) is 43.0 Å². The van der Waals surface area contributed by atoms with Crippen LogP contribution < -0.4 is 4.74 Å². The van der Waals surface area contributed by atoms with Gasteiger partial charge in [-0.2, -0.15) is 5.10 Å². The van der Waals surface area contributed by atoms with Crippen LogP contribution in [0.15, 0.2) is 59.3 Å². The number of hydrogen-bond donors (Lipinski definition) is 0. The van der Waals surface area contributed by atoms with Gasteiger partial charge in [0.15, 0.2) is 0 Å². The molecule has 0 bridgehead atoms. The first-order valence-corrected chi connectivity index (χ1v) is 10.2. The molecule has 2 atom stereocenters. The van der Waals surface area contributed by atoms with E-state index in [-0.39, 0.29) is 17.8 Å². The van der Waals surface area contributed by atoms with Crippen molar-refractivity contribution in [2.24, 2.45) is 11.0 Å². The number of aryl methyl sites for hydroxylation is 1. The molecule has 4 rings (SSSR count). The maximum atomic E-state index is 14.1. The molecule has 156 valence electrons. The van der Waals surface area contributed by atoms with Crippen LogP contribution >= 0.6 is 0 Å². The number of benzene rings is 2. The van der Waals surface area contributed by atoms with Gasteiger partial charge in [-0.05, 0) is 62.1 Å². The third-order valence-corrected chi connectivity index (χ3v) is 5.69. The third-order valence-electron chi connectivity index (χ3n) is 5.69. The topological polar surface area (TPSA) is 51.1 Å². The lowest BCUT2D eigenvalue weighted by Crippen LogP contribution is -2.28. The lowest BCUT2D eigenvalue weighted by atomic mass is 9.77. The zero-order valence-electron chi connectivity index (χ0n) is 17.4. The molecule has 1 aliphatic carbocycles. The zero-order chi connectivity index (χ0) is 21.3. The van der Waals surface area contributed by atoms with Gasteiger partial charge in [-0.3, -0.25) is 5.01 Å². The highest BCUT2D eigenvalue weighted by Gasteiger charge is 2.42. The number of hydrogen-bond acceptors (Lipinski definition) is 5. The molecule has 6 heteroatoms. The molecule has 0 fully saturated rings. The first kappa shape index (κ1) is 20.1. The van der Waals surface area contributed by atoms with Crippen LogP contribution in [0, 0.1) is 11.7 Å². The Bertz CT molecular complexity index is 1030. The molecule has 0 saturated carbocycles. The monoisotopic (exact) mass is 408 g/mol. The standard InChI is InChI=1S/C24H25FN2O3/c1-4-30-22(28)12-15(2)27-24(17-6-5-7-18(25)13-17)20-11-9-16-8-10-19(29-3)14-21(16)23(20)26-27/h5-8,10,12-14,20,24H,4,9,11H2,1-3H3/b15-12+/t20-,24+/m0/s1. The summed E-state index contributed by atoms with van der Waals surface area (Å²) in [6.45, 7) is 3.91. The van der Waals surface area contributed by atoms with E-state index in [0.29, 0.717) is 12.3 Å². The van der Waals surface area contributed by atoms with Gasteiger partial charge in [0.05, 0.1) is 25.5 Å². The lowest BCUT2D eigenvalue weighted by Gasteiger charge is -2.31. The molecule has 5 nitrogen and oxygen atoms in total. The number of carbonyl (C=O) groups is 1. The van der Waals surface area contributed by atoms with Gasteiger partial charge in [-0.25, -0.2) is 9.18 Å². The van der Waals surface area contributed by atoms with Crippen molar-refractivity contribution in [3.8, 4) is 5.75 Å². The fraction of sp³-hybridized carbons (Fsp3) is 0.333. The molecule has 2 aromatic carbocycles. The number of rotatable bonds is 5. The zero-order valence-corrected chi connectivity index (χ0v) is 17.4. The number of hydrazone groups is 1. The fourth-order valence-electron chi connectivity index (χ4n) is 4.35. The van der Waals surface area contributed by atoms with Gasteiger partial charge in [0.25, 0.3) is 0 Å². The SMILES string of the molecule is CCOC(=O)/C=C(\C)N1N=C2c3cc(OC)ccc3CC[C@@H]2[C@H]1c1cccc(F)c1. The van der Waals surface area contributed by atoms with Gasteiger partial charge in [0, 0.05) is 23.3 Å². The maximum Gasteiger partial charge on any atom is 0.332 e. The summed E-state index contributed by atoms with van der Waals surface area (Å²) in [5.74, 6) is 0.157. The second-order valence-corrected chi connectivity index (χ2v) is 7.54. The smallest absolute Gasteiger partial charge is 0.332 e. The fourth-order valence-corrected chi connectivity index (χ4v) is 4.35. The average molecular weight is 408 g/mol. The summed E-state index contributed by atoms with van der Waals surface area (Å²) < 4.78 is 24.5. The van der Waals surface area contributed by atoms with Gasteiger partial charge in [-0.15, -0.1) is 0 Å². The van der Waals surface area contributed by atoms with E-state index in [9.17, 15) is 9.18 Å².